The van der Waals surface area contributed by atoms with E-state index in [1.807, 2.05) is 20.8 Å². The largest absolute Gasteiger partial charge is 0.490 e. The first-order valence-electron chi connectivity index (χ1n) is 8.95. The molecule has 0 amide bonds. The van der Waals surface area contributed by atoms with E-state index in [1.54, 1.807) is 12.1 Å². The minimum atomic E-state index is -3.11. The van der Waals surface area contributed by atoms with Gasteiger partial charge in [-0.15, -0.1) is 0 Å². The lowest BCUT2D eigenvalue weighted by Gasteiger charge is -2.22. The Morgan fingerprint density at radius 1 is 1.29 bits per heavy atom. The molecule has 0 unspecified atom stereocenters. The molecule has 0 spiro atoms. The maximum atomic E-state index is 14.0. The number of ether oxygens (including phenoxy) is 1. The van der Waals surface area contributed by atoms with Gasteiger partial charge in [0.15, 0.2) is 21.4 Å². The molecule has 2 rings (SSSR count). The van der Waals surface area contributed by atoms with Crippen molar-refractivity contribution in [2.45, 2.75) is 52.4 Å². The summed E-state index contributed by atoms with van der Waals surface area (Å²) in [7, 11) is -3.11. The lowest BCUT2D eigenvalue weighted by atomic mass is 9.90. The van der Waals surface area contributed by atoms with Crippen LogP contribution in [0.5, 0.6) is 5.75 Å². The zero-order valence-corrected chi connectivity index (χ0v) is 15.7. The Labute approximate surface area is 145 Å². The molecule has 3 nitrogen and oxygen atoms in total. The SMILES string of the molecule is CCCCS(=O)(=O)C[C@@H](c1ccc(F)c(OCC2CC2)c1)C(C)C. The van der Waals surface area contributed by atoms with Gasteiger partial charge in [-0.05, 0) is 48.8 Å². The van der Waals surface area contributed by atoms with Crippen molar-refractivity contribution in [3.8, 4) is 5.75 Å². The molecule has 0 aromatic heterocycles. The van der Waals surface area contributed by atoms with Crippen LogP contribution in [-0.4, -0.2) is 26.5 Å². The molecule has 0 saturated heterocycles. The van der Waals surface area contributed by atoms with Crippen LogP contribution in [0.25, 0.3) is 0 Å². The molecule has 136 valence electrons. The summed E-state index contributed by atoms with van der Waals surface area (Å²) in [4.78, 5) is 0. The number of hydrogen-bond donors (Lipinski definition) is 0. The second kappa shape index (κ2) is 8.32. The van der Waals surface area contributed by atoms with Crippen molar-refractivity contribution in [3.05, 3.63) is 29.6 Å². The van der Waals surface area contributed by atoms with Gasteiger partial charge in [0.25, 0.3) is 0 Å². The van der Waals surface area contributed by atoms with Gasteiger partial charge in [0, 0.05) is 5.92 Å². The van der Waals surface area contributed by atoms with Gasteiger partial charge >= 0.3 is 0 Å². The van der Waals surface area contributed by atoms with Gasteiger partial charge in [-0.3, -0.25) is 0 Å². The number of rotatable bonds is 10. The summed E-state index contributed by atoms with van der Waals surface area (Å²) in [6.07, 6.45) is 3.84. The third-order valence-electron chi connectivity index (χ3n) is 4.60. The van der Waals surface area contributed by atoms with Crippen molar-refractivity contribution in [2.75, 3.05) is 18.1 Å². The molecule has 1 aliphatic rings. The monoisotopic (exact) mass is 356 g/mol. The minimum Gasteiger partial charge on any atom is -0.490 e. The zero-order valence-electron chi connectivity index (χ0n) is 14.9. The van der Waals surface area contributed by atoms with E-state index in [0.717, 1.165) is 24.8 Å². The van der Waals surface area contributed by atoms with Crippen LogP contribution in [-0.2, 0) is 9.84 Å². The second-order valence-electron chi connectivity index (χ2n) is 7.26. The first-order valence-corrected chi connectivity index (χ1v) is 10.8. The summed E-state index contributed by atoms with van der Waals surface area (Å²) in [6, 6.07) is 4.78. The third-order valence-corrected chi connectivity index (χ3v) is 6.38. The Bertz CT molecular complexity index is 636. The van der Waals surface area contributed by atoms with Gasteiger partial charge in [-0.1, -0.05) is 33.3 Å². The van der Waals surface area contributed by atoms with Gasteiger partial charge < -0.3 is 4.74 Å². The summed E-state index contributed by atoms with van der Waals surface area (Å²) in [5.41, 5.74) is 0.845. The summed E-state index contributed by atoms with van der Waals surface area (Å²) in [5, 5.41) is 0. The smallest absolute Gasteiger partial charge is 0.165 e. The maximum Gasteiger partial charge on any atom is 0.165 e. The molecule has 0 bridgehead atoms. The highest BCUT2D eigenvalue weighted by Gasteiger charge is 2.26. The standard InChI is InChI=1S/C19H29FO3S/c1-4-5-10-24(21,22)13-17(14(2)3)16-8-9-18(20)19(11-16)23-12-15-6-7-15/h8-9,11,14-15,17H,4-7,10,12-13H2,1-3H3/t17-/m1/s1. The molecule has 1 fully saturated rings. The Morgan fingerprint density at radius 3 is 2.58 bits per heavy atom. The Hall–Kier alpha value is -1.10. The summed E-state index contributed by atoms with van der Waals surface area (Å²) >= 11 is 0. The molecular weight excluding hydrogens is 327 g/mol. The number of sulfone groups is 1. The van der Waals surface area contributed by atoms with Gasteiger partial charge in [0.2, 0.25) is 0 Å². The quantitative estimate of drug-likeness (QED) is 0.617. The van der Waals surface area contributed by atoms with E-state index in [2.05, 4.69) is 0 Å². The number of halogens is 1. The van der Waals surface area contributed by atoms with E-state index in [1.165, 1.54) is 6.07 Å². The predicted molar refractivity (Wildman–Crippen MR) is 95.8 cm³/mol. The fraction of sp³-hybridized carbons (Fsp3) is 0.684. The lowest BCUT2D eigenvalue weighted by molar-refractivity contribution is 0.284. The number of hydrogen-bond acceptors (Lipinski definition) is 3. The summed E-state index contributed by atoms with van der Waals surface area (Å²) in [6.45, 7) is 6.54. The van der Waals surface area contributed by atoms with Crippen LogP contribution in [0.2, 0.25) is 0 Å². The number of benzene rings is 1. The van der Waals surface area contributed by atoms with Crippen LogP contribution in [0.4, 0.5) is 4.39 Å². The lowest BCUT2D eigenvalue weighted by Crippen LogP contribution is -2.21. The first-order chi connectivity index (χ1) is 11.3. The highest BCUT2D eigenvalue weighted by molar-refractivity contribution is 7.91. The highest BCUT2D eigenvalue weighted by atomic mass is 32.2. The molecule has 0 radical (unpaired) electrons. The highest BCUT2D eigenvalue weighted by Crippen LogP contribution is 2.33. The molecule has 0 N–H and O–H groups in total. The Morgan fingerprint density at radius 2 is 2.00 bits per heavy atom. The van der Waals surface area contributed by atoms with Crippen LogP contribution in [0.15, 0.2) is 18.2 Å². The fourth-order valence-electron chi connectivity index (χ4n) is 2.75. The van der Waals surface area contributed by atoms with E-state index in [4.69, 9.17) is 4.74 Å². The van der Waals surface area contributed by atoms with Crippen LogP contribution in [0.3, 0.4) is 0 Å². The third kappa shape index (κ3) is 5.76. The van der Waals surface area contributed by atoms with Gasteiger partial charge in [-0.2, -0.15) is 0 Å². The van der Waals surface area contributed by atoms with Crippen molar-refractivity contribution in [3.63, 3.8) is 0 Å². The zero-order chi connectivity index (χ0) is 17.7. The Balaban J connectivity index is 2.15. The molecule has 0 aliphatic heterocycles. The van der Waals surface area contributed by atoms with E-state index in [0.29, 0.717) is 18.9 Å². The molecule has 1 atom stereocenters. The molecule has 1 aliphatic carbocycles. The van der Waals surface area contributed by atoms with Crippen molar-refractivity contribution in [1.29, 1.82) is 0 Å². The van der Waals surface area contributed by atoms with E-state index < -0.39 is 9.84 Å². The molecule has 1 saturated carbocycles. The fourth-order valence-corrected chi connectivity index (χ4v) is 4.77. The number of unbranched alkanes of at least 4 members (excludes halogenated alkanes) is 1. The van der Waals surface area contributed by atoms with Gasteiger partial charge in [0.05, 0.1) is 18.1 Å². The normalized spacial score (nSPS) is 16.4. The van der Waals surface area contributed by atoms with E-state index in [9.17, 15) is 12.8 Å². The summed E-state index contributed by atoms with van der Waals surface area (Å²) in [5.74, 6) is 0.756. The van der Waals surface area contributed by atoms with Crippen molar-refractivity contribution >= 4 is 9.84 Å². The average Bonchev–Trinajstić information content (AvgIpc) is 3.34. The maximum absolute atomic E-state index is 14.0. The average molecular weight is 357 g/mol. The van der Waals surface area contributed by atoms with Gasteiger partial charge in [-0.25, -0.2) is 12.8 Å². The molecule has 1 aromatic rings. The van der Waals surface area contributed by atoms with Crippen molar-refractivity contribution in [1.82, 2.24) is 0 Å². The predicted octanol–water partition coefficient (Wildman–Crippen LogP) is 4.57. The van der Waals surface area contributed by atoms with Crippen molar-refractivity contribution < 1.29 is 17.5 Å². The molecule has 1 aromatic carbocycles. The van der Waals surface area contributed by atoms with E-state index >= 15 is 0 Å². The molecule has 0 heterocycles. The van der Waals surface area contributed by atoms with Crippen LogP contribution < -0.4 is 4.74 Å². The molecular formula is C19H29FO3S. The van der Waals surface area contributed by atoms with Crippen LogP contribution >= 0.6 is 0 Å². The van der Waals surface area contributed by atoms with E-state index in [-0.39, 0.29) is 34.9 Å². The second-order valence-corrected chi connectivity index (χ2v) is 9.49. The van der Waals surface area contributed by atoms with Gasteiger partial charge in [0.1, 0.15) is 0 Å². The summed E-state index contributed by atoms with van der Waals surface area (Å²) < 4.78 is 44.3. The minimum absolute atomic E-state index is 0.109. The first kappa shape index (κ1) is 19.2. The Kier molecular flexibility index (Phi) is 6.67. The van der Waals surface area contributed by atoms with Crippen LogP contribution in [0.1, 0.15) is 57.9 Å². The van der Waals surface area contributed by atoms with Crippen molar-refractivity contribution in [2.24, 2.45) is 11.8 Å². The topological polar surface area (TPSA) is 43.4 Å². The molecule has 24 heavy (non-hydrogen) atoms. The molecule has 5 heteroatoms. The van der Waals surface area contributed by atoms with Crippen LogP contribution in [0, 0.1) is 17.7 Å².